The Kier molecular flexibility index (Phi) is 7.41. The summed E-state index contributed by atoms with van der Waals surface area (Å²) in [5.41, 5.74) is 1.22. The standard InChI is InChI=1S/C30H29F3N4O2/c1-36(23-16-15-21-11-5-6-12-22(21)18-23)29(39)25(17-20-9-3-2-4-10-20)34-27(38)19-37-26-14-8-7-13-24(26)28(35-37)30(31,32)33/h2-6,9-12,15-16,18,25H,7-8,13-14,17,19H2,1H3,(H,34,38)/t25-/m0/s1. The molecule has 39 heavy (non-hydrogen) atoms. The predicted molar refractivity (Wildman–Crippen MR) is 143 cm³/mol. The number of nitrogens with one attached hydrogen (secondary N) is 1. The smallest absolute Gasteiger partial charge is 0.342 e. The molecule has 1 heterocycles. The topological polar surface area (TPSA) is 67.2 Å². The van der Waals surface area contributed by atoms with E-state index in [-0.39, 0.29) is 24.3 Å². The lowest BCUT2D eigenvalue weighted by Gasteiger charge is -2.25. The van der Waals surface area contributed by atoms with Gasteiger partial charge in [-0.1, -0.05) is 60.7 Å². The van der Waals surface area contributed by atoms with E-state index in [1.54, 1.807) is 7.05 Å². The molecule has 0 radical (unpaired) electrons. The van der Waals surface area contributed by atoms with Crippen LogP contribution in [0.25, 0.3) is 10.8 Å². The Labute approximate surface area is 224 Å². The van der Waals surface area contributed by atoms with E-state index < -0.39 is 30.4 Å². The van der Waals surface area contributed by atoms with Crippen LogP contribution in [-0.4, -0.2) is 34.7 Å². The molecule has 0 fully saturated rings. The molecule has 0 saturated heterocycles. The third kappa shape index (κ3) is 5.82. The number of halogens is 3. The number of carbonyl (C=O) groups excluding carboxylic acids is 2. The molecule has 9 heteroatoms. The van der Waals surface area contributed by atoms with E-state index >= 15 is 0 Å². The second-order valence-electron chi connectivity index (χ2n) is 9.87. The molecule has 202 valence electrons. The molecule has 0 unspecified atom stereocenters. The molecule has 0 saturated carbocycles. The maximum atomic E-state index is 13.7. The summed E-state index contributed by atoms with van der Waals surface area (Å²) < 4.78 is 42.0. The highest BCUT2D eigenvalue weighted by Crippen LogP contribution is 2.35. The van der Waals surface area contributed by atoms with E-state index in [1.165, 1.54) is 4.90 Å². The van der Waals surface area contributed by atoms with Crippen LogP contribution >= 0.6 is 0 Å². The third-order valence-electron chi connectivity index (χ3n) is 7.19. The van der Waals surface area contributed by atoms with E-state index in [1.807, 2.05) is 72.8 Å². The van der Waals surface area contributed by atoms with Gasteiger partial charge in [0.1, 0.15) is 12.6 Å². The number of likely N-dealkylation sites (N-methyl/N-ethyl adjacent to an activating group) is 1. The van der Waals surface area contributed by atoms with Crippen LogP contribution in [-0.2, 0) is 41.6 Å². The van der Waals surface area contributed by atoms with Gasteiger partial charge in [-0.2, -0.15) is 18.3 Å². The molecule has 3 aromatic carbocycles. The number of hydrogen-bond acceptors (Lipinski definition) is 3. The van der Waals surface area contributed by atoms with Gasteiger partial charge in [0.2, 0.25) is 11.8 Å². The average molecular weight is 535 g/mol. The molecule has 2 amide bonds. The van der Waals surface area contributed by atoms with E-state index in [9.17, 15) is 22.8 Å². The highest BCUT2D eigenvalue weighted by Gasteiger charge is 2.39. The number of fused-ring (bicyclic) bond motifs is 2. The molecule has 1 aromatic heterocycles. The van der Waals surface area contributed by atoms with Gasteiger partial charge in [-0.3, -0.25) is 14.3 Å². The Hall–Kier alpha value is -4.14. The molecule has 4 aromatic rings. The van der Waals surface area contributed by atoms with Crippen LogP contribution in [0.4, 0.5) is 18.9 Å². The third-order valence-corrected chi connectivity index (χ3v) is 7.19. The van der Waals surface area contributed by atoms with Crippen molar-refractivity contribution in [2.75, 3.05) is 11.9 Å². The summed E-state index contributed by atoms with van der Waals surface area (Å²) in [5.74, 6) is -0.901. The van der Waals surface area contributed by atoms with Crippen molar-refractivity contribution in [2.24, 2.45) is 0 Å². The maximum absolute atomic E-state index is 13.7. The number of amides is 2. The van der Waals surface area contributed by atoms with Crippen LogP contribution in [0.5, 0.6) is 0 Å². The SMILES string of the molecule is CN(C(=O)[C@H](Cc1ccccc1)NC(=O)Cn1nc(C(F)(F)F)c2c1CCCC2)c1ccc2ccccc2c1. The van der Waals surface area contributed by atoms with Crippen molar-refractivity contribution in [1.82, 2.24) is 15.1 Å². The number of rotatable bonds is 7. The molecule has 0 spiro atoms. The zero-order valence-corrected chi connectivity index (χ0v) is 21.5. The van der Waals surface area contributed by atoms with Gasteiger partial charge in [0.05, 0.1) is 0 Å². The lowest BCUT2D eigenvalue weighted by atomic mass is 9.95. The quantitative estimate of drug-likeness (QED) is 0.349. The number of alkyl halides is 3. The van der Waals surface area contributed by atoms with Crippen LogP contribution in [0.1, 0.15) is 35.4 Å². The van der Waals surface area contributed by atoms with E-state index in [4.69, 9.17) is 0 Å². The fraction of sp³-hybridized carbons (Fsp3) is 0.300. The van der Waals surface area contributed by atoms with E-state index in [0.717, 1.165) is 27.4 Å². The van der Waals surface area contributed by atoms with Crippen LogP contribution in [0.15, 0.2) is 72.8 Å². The Balaban J connectivity index is 1.39. The van der Waals surface area contributed by atoms with E-state index in [0.29, 0.717) is 24.2 Å². The monoisotopic (exact) mass is 534 g/mol. The summed E-state index contributed by atoms with van der Waals surface area (Å²) in [6.45, 7) is -0.392. The fourth-order valence-corrected chi connectivity index (χ4v) is 5.20. The molecule has 6 nitrogen and oxygen atoms in total. The van der Waals surface area contributed by atoms with Crippen molar-refractivity contribution in [2.45, 2.75) is 50.9 Å². The first kappa shape index (κ1) is 26.5. The van der Waals surface area contributed by atoms with Crippen molar-refractivity contribution in [1.29, 1.82) is 0 Å². The maximum Gasteiger partial charge on any atom is 0.435 e. The number of hydrogen-bond donors (Lipinski definition) is 1. The largest absolute Gasteiger partial charge is 0.435 e. The molecule has 1 aliphatic rings. The summed E-state index contributed by atoms with van der Waals surface area (Å²) in [5, 5.41) is 8.58. The summed E-state index contributed by atoms with van der Waals surface area (Å²) in [6.07, 6.45) is -2.24. The Morgan fingerprint density at radius 1 is 0.974 bits per heavy atom. The molecule has 1 atom stereocenters. The molecule has 1 aliphatic carbocycles. The summed E-state index contributed by atoms with van der Waals surface area (Å²) in [4.78, 5) is 28.4. The summed E-state index contributed by atoms with van der Waals surface area (Å²) >= 11 is 0. The molecule has 0 bridgehead atoms. The first-order chi connectivity index (χ1) is 18.7. The minimum absolute atomic E-state index is 0.175. The van der Waals surface area contributed by atoms with Gasteiger partial charge in [-0.25, -0.2) is 0 Å². The van der Waals surface area contributed by atoms with Gasteiger partial charge < -0.3 is 10.2 Å². The number of anilines is 1. The Morgan fingerprint density at radius 3 is 2.41 bits per heavy atom. The molecular formula is C30H29F3N4O2. The Bertz CT molecular complexity index is 1500. The minimum atomic E-state index is -4.59. The highest BCUT2D eigenvalue weighted by molar-refractivity contribution is 6.00. The van der Waals surface area contributed by atoms with E-state index in [2.05, 4.69) is 10.4 Å². The first-order valence-corrected chi connectivity index (χ1v) is 13.0. The zero-order valence-electron chi connectivity index (χ0n) is 21.5. The molecule has 0 aliphatic heterocycles. The van der Waals surface area contributed by atoms with Gasteiger partial charge >= 0.3 is 6.18 Å². The number of aromatic nitrogens is 2. The lowest BCUT2D eigenvalue weighted by molar-refractivity contribution is -0.142. The molecule has 5 rings (SSSR count). The van der Waals surface area contributed by atoms with Crippen LogP contribution in [0, 0.1) is 0 Å². The van der Waals surface area contributed by atoms with Crippen molar-refractivity contribution >= 4 is 28.3 Å². The van der Waals surface area contributed by atoms with Crippen LogP contribution in [0.3, 0.4) is 0 Å². The van der Waals surface area contributed by atoms with Crippen molar-refractivity contribution in [3.05, 3.63) is 95.3 Å². The van der Waals surface area contributed by atoms with Gasteiger partial charge in [0.25, 0.3) is 0 Å². The average Bonchev–Trinajstić information content (AvgIpc) is 3.31. The highest BCUT2D eigenvalue weighted by atomic mass is 19.4. The predicted octanol–water partition coefficient (Wildman–Crippen LogP) is 5.32. The van der Waals surface area contributed by atoms with Gasteiger partial charge in [0.15, 0.2) is 5.69 Å². The summed E-state index contributed by atoms with van der Waals surface area (Å²) in [6, 6.07) is 21.8. The van der Waals surface area contributed by atoms with Crippen LogP contribution < -0.4 is 10.2 Å². The summed E-state index contributed by atoms with van der Waals surface area (Å²) in [7, 11) is 1.65. The van der Waals surface area contributed by atoms with Gasteiger partial charge in [-0.15, -0.1) is 0 Å². The second-order valence-corrected chi connectivity index (χ2v) is 9.87. The number of carbonyl (C=O) groups is 2. The van der Waals surface area contributed by atoms with Crippen molar-refractivity contribution in [3.63, 3.8) is 0 Å². The Morgan fingerprint density at radius 2 is 1.67 bits per heavy atom. The normalized spacial score (nSPS) is 14.1. The van der Waals surface area contributed by atoms with Crippen molar-refractivity contribution in [3.8, 4) is 0 Å². The fourth-order valence-electron chi connectivity index (χ4n) is 5.20. The second kappa shape index (κ2) is 10.9. The number of benzene rings is 3. The lowest BCUT2D eigenvalue weighted by Crippen LogP contribution is -2.49. The zero-order chi connectivity index (χ0) is 27.6. The molecular weight excluding hydrogens is 505 g/mol. The number of nitrogens with zero attached hydrogens (tertiary/aromatic N) is 3. The minimum Gasteiger partial charge on any atom is -0.342 e. The van der Waals surface area contributed by atoms with Gasteiger partial charge in [-0.05, 0) is 54.2 Å². The van der Waals surface area contributed by atoms with Gasteiger partial charge in [0, 0.05) is 30.4 Å². The first-order valence-electron chi connectivity index (χ1n) is 13.0. The molecule has 1 N–H and O–H groups in total. The van der Waals surface area contributed by atoms with Crippen LogP contribution in [0.2, 0.25) is 0 Å². The van der Waals surface area contributed by atoms with Crippen molar-refractivity contribution < 1.29 is 22.8 Å².